The standard InChI is InChI=1S/C22H20ClN7O/c1-14-25-21-17-5-2-3-6-18(17)29-19(26-27-22(29)30(21)28-14)7-4-8-20(31)24-13-15-9-11-16(23)12-10-15/h2-3,5-6,9-12H,4,7-8,13H2,1H3,(H,24,31). The third-order valence-electron chi connectivity index (χ3n) is 5.21. The predicted octanol–water partition coefficient (Wildman–Crippen LogP) is 3.53. The van der Waals surface area contributed by atoms with Crippen molar-refractivity contribution < 1.29 is 4.79 Å². The van der Waals surface area contributed by atoms with Crippen LogP contribution in [0.5, 0.6) is 0 Å². The molecule has 3 aromatic heterocycles. The van der Waals surface area contributed by atoms with Crippen LogP contribution in [0.3, 0.4) is 0 Å². The summed E-state index contributed by atoms with van der Waals surface area (Å²) in [6, 6.07) is 15.5. The maximum Gasteiger partial charge on any atom is 0.258 e. The first-order chi connectivity index (χ1) is 15.1. The van der Waals surface area contributed by atoms with Crippen molar-refractivity contribution in [2.45, 2.75) is 32.7 Å². The van der Waals surface area contributed by atoms with Gasteiger partial charge in [-0.2, -0.15) is 4.52 Å². The number of para-hydroxylation sites is 1. The van der Waals surface area contributed by atoms with E-state index in [1.54, 1.807) is 4.52 Å². The summed E-state index contributed by atoms with van der Waals surface area (Å²) in [5.41, 5.74) is 2.76. The Morgan fingerprint density at radius 2 is 1.90 bits per heavy atom. The van der Waals surface area contributed by atoms with Crippen molar-refractivity contribution in [3.8, 4) is 0 Å². The van der Waals surface area contributed by atoms with Crippen molar-refractivity contribution >= 4 is 39.8 Å². The van der Waals surface area contributed by atoms with Crippen molar-refractivity contribution in [1.82, 2.24) is 34.5 Å². The molecule has 5 aromatic rings. The van der Waals surface area contributed by atoms with Gasteiger partial charge in [0.1, 0.15) is 11.6 Å². The van der Waals surface area contributed by atoms with Crippen LogP contribution in [-0.4, -0.2) is 35.1 Å². The fraction of sp³-hybridized carbons (Fsp3) is 0.227. The van der Waals surface area contributed by atoms with E-state index in [1.165, 1.54) is 0 Å². The number of nitrogens with one attached hydrogen (secondary N) is 1. The van der Waals surface area contributed by atoms with Gasteiger partial charge >= 0.3 is 0 Å². The Bertz CT molecular complexity index is 1400. The summed E-state index contributed by atoms with van der Waals surface area (Å²) in [6.07, 6.45) is 1.69. The molecule has 0 aliphatic carbocycles. The summed E-state index contributed by atoms with van der Waals surface area (Å²) in [4.78, 5) is 16.8. The molecule has 8 nitrogen and oxygen atoms in total. The first kappa shape index (κ1) is 19.4. The van der Waals surface area contributed by atoms with E-state index in [2.05, 4.69) is 25.6 Å². The number of nitrogens with zero attached hydrogens (tertiary/aromatic N) is 6. The number of fused-ring (bicyclic) bond motifs is 6. The van der Waals surface area contributed by atoms with Crippen molar-refractivity contribution in [2.24, 2.45) is 0 Å². The monoisotopic (exact) mass is 433 g/mol. The first-order valence-electron chi connectivity index (χ1n) is 10.1. The van der Waals surface area contributed by atoms with Gasteiger partial charge in [0, 0.05) is 29.8 Å². The van der Waals surface area contributed by atoms with Gasteiger partial charge in [-0.05, 0) is 43.2 Å². The quantitative estimate of drug-likeness (QED) is 0.442. The zero-order valence-corrected chi connectivity index (χ0v) is 17.7. The van der Waals surface area contributed by atoms with E-state index < -0.39 is 0 Å². The Hall–Kier alpha value is -3.52. The molecule has 5 rings (SSSR count). The smallest absolute Gasteiger partial charge is 0.258 e. The highest BCUT2D eigenvalue weighted by Gasteiger charge is 2.16. The summed E-state index contributed by atoms with van der Waals surface area (Å²) in [5, 5.41) is 17.8. The summed E-state index contributed by atoms with van der Waals surface area (Å²) in [7, 11) is 0. The number of hydrogen-bond acceptors (Lipinski definition) is 5. The lowest BCUT2D eigenvalue weighted by atomic mass is 10.2. The van der Waals surface area contributed by atoms with Crippen LogP contribution in [0, 0.1) is 6.92 Å². The predicted molar refractivity (Wildman–Crippen MR) is 118 cm³/mol. The third-order valence-corrected chi connectivity index (χ3v) is 5.46. The summed E-state index contributed by atoms with van der Waals surface area (Å²) in [5.74, 6) is 2.10. The van der Waals surface area contributed by atoms with Crippen molar-refractivity contribution in [3.63, 3.8) is 0 Å². The Morgan fingerprint density at radius 1 is 1.10 bits per heavy atom. The third kappa shape index (κ3) is 3.70. The Morgan fingerprint density at radius 3 is 2.74 bits per heavy atom. The lowest BCUT2D eigenvalue weighted by Gasteiger charge is -2.07. The topological polar surface area (TPSA) is 89.5 Å². The van der Waals surface area contributed by atoms with Gasteiger partial charge < -0.3 is 5.32 Å². The maximum atomic E-state index is 12.3. The molecule has 156 valence electrons. The second-order valence-corrected chi connectivity index (χ2v) is 7.86. The minimum Gasteiger partial charge on any atom is -0.352 e. The van der Waals surface area contributed by atoms with Crippen molar-refractivity contribution in [1.29, 1.82) is 0 Å². The van der Waals surface area contributed by atoms with E-state index in [9.17, 15) is 4.79 Å². The molecule has 0 spiro atoms. The van der Waals surface area contributed by atoms with E-state index >= 15 is 0 Å². The van der Waals surface area contributed by atoms with E-state index in [-0.39, 0.29) is 5.91 Å². The molecule has 3 heterocycles. The SMILES string of the molecule is Cc1nc2c3ccccc3n3c(CCCC(=O)NCc4ccc(Cl)cc4)nnc3n2n1. The number of aromatic nitrogens is 6. The van der Waals surface area contributed by atoms with E-state index in [0.29, 0.717) is 42.4 Å². The zero-order valence-electron chi connectivity index (χ0n) is 16.9. The molecule has 2 aromatic carbocycles. The number of amides is 1. The van der Waals surface area contributed by atoms with Crippen LogP contribution in [0.1, 0.15) is 30.1 Å². The van der Waals surface area contributed by atoms with E-state index in [1.807, 2.05) is 59.9 Å². The molecule has 0 radical (unpaired) electrons. The van der Waals surface area contributed by atoms with Crippen LogP contribution in [0.4, 0.5) is 0 Å². The number of aryl methyl sites for hydroxylation is 2. The molecule has 0 saturated heterocycles. The molecular weight excluding hydrogens is 414 g/mol. The van der Waals surface area contributed by atoms with Crippen molar-refractivity contribution in [2.75, 3.05) is 0 Å². The summed E-state index contributed by atoms with van der Waals surface area (Å²) >= 11 is 5.89. The lowest BCUT2D eigenvalue weighted by Crippen LogP contribution is -2.22. The van der Waals surface area contributed by atoms with Gasteiger partial charge in [0.15, 0.2) is 5.65 Å². The number of rotatable bonds is 6. The molecule has 0 fully saturated rings. The van der Waals surface area contributed by atoms with Crippen LogP contribution in [-0.2, 0) is 17.8 Å². The molecule has 0 aliphatic heterocycles. The van der Waals surface area contributed by atoms with E-state index in [4.69, 9.17) is 11.6 Å². The number of hydrogen-bond donors (Lipinski definition) is 1. The van der Waals surface area contributed by atoms with Crippen LogP contribution in [0.15, 0.2) is 48.5 Å². The first-order valence-corrected chi connectivity index (χ1v) is 10.5. The van der Waals surface area contributed by atoms with Gasteiger partial charge in [0.25, 0.3) is 5.78 Å². The lowest BCUT2D eigenvalue weighted by molar-refractivity contribution is -0.121. The van der Waals surface area contributed by atoms with Gasteiger partial charge in [-0.3, -0.25) is 9.20 Å². The van der Waals surface area contributed by atoms with Gasteiger partial charge in [-0.25, -0.2) is 4.98 Å². The minimum absolute atomic E-state index is 0.00270. The largest absolute Gasteiger partial charge is 0.352 e. The average Bonchev–Trinajstić information content (AvgIpc) is 3.37. The Labute approximate surface area is 182 Å². The molecule has 0 aliphatic rings. The average molecular weight is 434 g/mol. The minimum atomic E-state index is 0.00270. The van der Waals surface area contributed by atoms with Crippen LogP contribution < -0.4 is 5.32 Å². The molecule has 0 unspecified atom stereocenters. The molecule has 0 bridgehead atoms. The molecule has 1 amide bonds. The Kier molecular flexibility index (Phi) is 4.99. The fourth-order valence-electron chi connectivity index (χ4n) is 3.74. The highest BCUT2D eigenvalue weighted by molar-refractivity contribution is 6.30. The highest BCUT2D eigenvalue weighted by atomic mass is 35.5. The van der Waals surface area contributed by atoms with Gasteiger partial charge in [0.05, 0.1) is 5.52 Å². The molecule has 0 saturated carbocycles. The number of benzene rings is 2. The number of carbonyl (C=O) groups is 1. The molecule has 1 N–H and O–H groups in total. The molecule has 9 heteroatoms. The van der Waals surface area contributed by atoms with E-state index in [0.717, 1.165) is 27.9 Å². The highest BCUT2D eigenvalue weighted by Crippen LogP contribution is 2.22. The van der Waals surface area contributed by atoms with Crippen molar-refractivity contribution in [3.05, 3.63) is 70.8 Å². The van der Waals surface area contributed by atoms with Crippen LogP contribution in [0.25, 0.3) is 22.3 Å². The van der Waals surface area contributed by atoms with Gasteiger partial charge in [-0.15, -0.1) is 15.3 Å². The maximum absolute atomic E-state index is 12.3. The second kappa shape index (κ2) is 7.96. The zero-order chi connectivity index (χ0) is 21.4. The summed E-state index contributed by atoms with van der Waals surface area (Å²) in [6.45, 7) is 2.34. The number of carbonyl (C=O) groups excluding carboxylic acids is 1. The second-order valence-electron chi connectivity index (χ2n) is 7.42. The molecular formula is C22H20ClN7O. The van der Waals surface area contributed by atoms with Gasteiger partial charge in [0.2, 0.25) is 5.91 Å². The molecule has 31 heavy (non-hydrogen) atoms. The molecule has 0 atom stereocenters. The number of halogens is 1. The van der Waals surface area contributed by atoms with Gasteiger partial charge in [-0.1, -0.05) is 35.9 Å². The van der Waals surface area contributed by atoms with Crippen LogP contribution in [0.2, 0.25) is 5.02 Å². The normalized spacial score (nSPS) is 11.5. The summed E-state index contributed by atoms with van der Waals surface area (Å²) < 4.78 is 3.73. The fourth-order valence-corrected chi connectivity index (χ4v) is 3.86. The van der Waals surface area contributed by atoms with Crippen LogP contribution >= 0.6 is 11.6 Å². The Balaban J connectivity index is 1.33.